The van der Waals surface area contributed by atoms with Crippen molar-refractivity contribution in [1.29, 1.82) is 5.26 Å². The number of nitro groups is 1. The van der Waals surface area contributed by atoms with Gasteiger partial charge in [0.2, 0.25) is 0 Å². The van der Waals surface area contributed by atoms with Gasteiger partial charge in [0, 0.05) is 5.56 Å². The molecular formula is C17H13FN2O4. The highest BCUT2D eigenvalue weighted by molar-refractivity contribution is 5.93. The third-order valence-corrected chi connectivity index (χ3v) is 3.31. The lowest BCUT2D eigenvalue weighted by molar-refractivity contribution is -0.385. The molecule has 0 heterocycles. The number of halogens is 1. The summed E-state index contributed by atoms with van der Waals surface area (Å²) in [5.74, 6) is -0.141. The lowest BCUT2D eigenvalue weighted by Gasteiger charge is -2.10. The fourth-order valence-electron chi connectivity index (χ4n) is 2.15. The second kappa shape index (κ2) is 7.24. The van der Waals surface area contributed by atoms with Crippen LogP contribution in [0.5, 0.6) is 11.5 Å². The minimum atomic E-state index is -0.635. The van der Waals surface area contributed by atoms with Crippen LogP contribution < -0.4 is 9.47 Å². The van der Waals surface area contributed by atoms with E-state index >= 15 is 0 Å². The summed E-state index contributed by atoms with van der Waals surface area (Å²) in [6, 6.07) is 10.2. The van der Waals surface area contributed by atoms with Crippen molar-refractivity contribution in [1.82, 2.24) is 0 Å². The van der Waals surface area contributed by atoms with Crippen LogP contribution in [0.1, 0.15) is 11.1 Å². The van der Waals surface area contributed by atoms with E-state index in [9.17, 15) is 19.8 Å². The summed E-state index contributed by atoms with van der Waals surface area (Å²) in [5, 5.41) is 20.7. The molecule has 2 rings (SSSR count). The zero-order chi connectivity index (χ0) is 17.7. The molecule has 0 bridgehead atoms. The topological polar surface area (TPSA) is 85.4 Å². The van der Waals surface area contributed by atoms with Gasteiger partial charge in [-0.2, -0.15) is 5.26 Å². The largest absolute Gasteiger partial charge is 0.493 e. The van der Waals surface area contributed by atoms with Crippen LogP contribution in [0.3, 0.4) is 0 Å². The molecule has 0 saturated carbocycles. The second-order valence-corrected chi connectivity index (χ2v) is 4.67. The number of benzene rings is 2. The Balaban J connectivity index is 2.70. The standard InChI is InChI=1S/C17H13FN2O4/c1-23-16-8-13(15(20(21)22)9-17(16)24-2)12(10-19)7-11-5-3-4-6-14(11)18/h3-9H,1-2H3/b12-7+. The summed E-state index contributed by atoms with van der Waals surface area (Å²) in [6.45, 7) is 0. The molecule has 0 atom stereocenters. The number of hydrogen-bond donors (Lipinski definition) is 0. The number of nitriles is 1. The maximum Gasteiger partial charge on any atom is 0.281 e. The van der Waals surface area contributed by atoms with Crippen molar-refractivity contribution in [2.75, 3.05) is 14.2 Å². The highest BCUT2D eigenvalue weighted by atomic mass is 19.1. The average Bonchev–Trinajstić information content (AvgIpc) is 2.59. The van der Waals surface area contributed by atoms with Gasteiger partial charge in [-0.25, -0.2) is 4.39 Å². The molecule has 6 nitrogen and oxygen atoms in total. The Morgan fingerprint density at radius 3 is 2.42 bits per heavy atom. The summed E-state index contributed by atoms with van der Waals surface area (Å²) < 4.78 is 24.0. The van der Waals surface area contributed by atoms with E-state index in [1.54, 1.807) is 6.07 Å². The van der Waals surface area contributed by atoms with Crippen molar-refractivity contribution in [3.05, 3.63) is 63.5 Å². The molecule has 2 aromatic rings. The first-order valence-corrected chi connectivity index (χ1v) is 6.79. The van der Waals surface area contributed by atoms with Crippen LogP contribution in [0.15, 0.2) is 36.4 Å². The molecule has 0 aliphatic rings. The second-order valence-electron chi connectivity index (χ2n) is 4.67. The maximum absolute atomic E-state index is 13.8. The Hall–Kier alpha value is -3.40. The summed E-state index contributed by atoms with van der Waals surface area (Å²) >= 11 is 0. The highest BCUT2D eigenvalue weighted by Crippen LogP contribution is 2.38. The summed E-state index contributed by atoms with van der Waals surface area (Å²) in [7, 11) is 2.72. The average molecular weight is 328 g/mol. The van der Waals surface area contributed by atoms with Gasteiger partial charge in [0.15, 0.2) is 11.5 Å². The predicted molar refractivity (Wildman–Crippen MR) is 86.1 cm³/mol. The molecule has 2 aromatic carbocycles. The van der Waals surface area contributed by atoms with Gasteiger partial charge in [-0.15, -0.1) is 0 Å². The summed E-state index contributed by atoms with van der Waals surface area (Å²) in [4.78, 5) is 10.7. The van der Waals surface area contributed by atoms with Gasteiger partial charge in [0.1, 0.15) is 11.9 Å². The van der Waals surface area contributed by atoms with Gasteiger partial charge in [-0.3, -0.25) is 10.1 Å². The van der Waals surface area contributed by atoms with Crippen LogP contribution in [-0.2, 0) is 0 Å². The molecule has 0 amide bonds. The first kappa shape index (κ1) is 17.0. The Bertz CT molecular complexity index is 856. The van der Waals surface area contributed by atoms with Crippen molar-refractivity contribution in [2.24, 2.45) is 0 Å². The molecular weight excluding hydrogens is 315 g/mol. The molecule has 0 radical (unpaired) electrons. The van der Waals surface area contributed by atoms with Gasteiger partial charge in [0.05, 0.1) is 36.3 Å². The highest BCUT2D eigenvalue weighted by Gasteiger charge is 2.22. The number of rotatable bonds is 5. The Morgan fingerprint density at radius 2 is 1.88 bits per heavy atom. The lowest BCUT2D eigenvalue weighted by atomic mass is 10.0. The van der Waals surface area contributed by atoms with Gasteiger partial charge < -0.3 is 9.47 Å². The number of hydrogen-bond acceptors (Lipinski definition) is 5. The number of nitro benzene ring substituents is 1. The van der Waals surface area contributed by atoms with Gasteiger partial charge >= 0.3 is 0 Å². The minimum Gasteiger partial charge on any atom is -0.493 e. The molecule has 0 unspecified atom stereocenters. The quantitative estimate of drug-likeness (QED) is 0.360. The SMILES string of the molecule is COc1cc(/C(C#N)=C/c2ccccc2F)c([N+](=O)[O-])cc1OC. The van der Waals surface area contributed by atoms with E-state index in [4.69, 9.17) is 9.47 Å². The van der Waals surface area contributed by atoms with E-state index < -0.39 is 10.7 Å². The normalized spacial score (nSPS) is 10.8. The number of nitrogens with zero attached hydrogens (tertiary/aromatic N) is 2. The molecule has 0 fully saturated rings. The molecule has 24 heavy (non-hydrogen) atoms. The predicted octanol–water partition coefficient (Wildman–Crippen LogP) is 3.82. The number of ether oxygens (including phenoxy) is 2. The van der Waals surface area contributed by atoms with E-state index in [-0.39, 0.29) is 33.9 Å². The van der Waals surface area contributed by atoms with Crippen LogP contribution >= 0.6 is 0 Å². The van der Waals surface area contributed by atoms with Gasteiger partial charge in [-0.1, -0.05) is 18.2 Å². The van der Waals surface area contributed by atoms with E-state index in [2.05, 4.69) is 0 Å². The Morgan fingerprint density at radius 1 is 1.25 bits per heavy atom. The van der Waals surface area contributed by atoms with Gasteiger partial charge in [0.25, 0.3) is 5.69 Å². The smallest absolute Gasteiger partial charge is 0.281 e. The monoisotopic (exact) mass is 328 g/mol. The molecule has 122 valence electrons. The third-order valence-electron chi connectivity index (χ3n) is 3.31. The van der Waals surface area contributed by atoms with Crippen molar-refractivity contribution in [2.45, 2.75) is 0 Å². The van der Waals surface area contributed by atoms with Crippen LogP contribution in [0.25, 0.3) is 11.6 Å². The van der Waals surface area contributed by atoms with Crippen molar-refractivity contribution in [3.63, 3.8) is 0 Å². The van der Waals surface area contributed by atoms with Crippen LogP contribution in [0.2, 0.25) is 0 Å². The minimum absolute atomic E-state index is 0.0170. The Labute approximate surface area is 137 Å². The molecule has 0 aliphatic carbocycles. The Kier molecular flexibility index (Phi) is 5.12. The maximum atomic E-state index is 13.8. The zero-order valence-corrected chi connectivity index (χ0v) is 12.9. The van der Waals surface area contributed by atoms with Crippen LogP contribution in [0.4, 0.5) is 10.1 Å². The van der Waals surface area contributed by atoms with E-state index in [1.807, 2.05) is 6.07 Å². The zero-order valence-electron chi connectivity index (χ0n) is 12.9. The first-order valence-electron chi connectivity index (χ1n) is 6.79. The van der Waals surface area contributed by atoms with Crippen molar-refractivity contribution >= 4 is 17.3 Å². The number of methoxy groups -OCH3 is 2. The van der Waals surface area contributed by atoms with E-state index in [0.717, 1.165) is 0 Å². The fraction of sp³-hybridized carbons (Fsp3) is 0.118. The van der Waals surface area contributed by atoms with E-state index in [0.29, 0.717) is 0 Å². The lowest BCUT2D eigenvalue weighted by Crippen LogP contribution is -1.99. The molecule has 0 spiro atoms. The molecule has 0 aliphatic heterocycles. The first-order chi connectivity index (χ1) is 11.5. The molecule has 0 saturated heterocycles. The molecule has 0 aromatic heterocycles. The van der Waals surface area contributed by atoms with Crippen LogP contribution in [0, 0.1) is 27.3 Å². The van der Waals surface area contributed by atoms with Crippen molar-refractivity contribution in [3.8, 4) is 17.6 Å². The molecule has 0 N–H and O–H groups in total. The van der Waals surface area contributed by atoms with E-state index in [1.165, 1.54) is 50.6 Å². The van der Waals surface area contributed by atoms with Crippen molar-refractivity contribution < 1.29 is 18.8 Å². The summed E-state index contributed by atoms with van der Waals surface area (Å²) in [5.41, 5.74) is -0.230. The number of allylic oxidation sites excluding steroid dienone is 1. The van der Waals surface area contributed by atoms with Gasteiger partial charge in [-0.05, 0) is 18.2 Å². The molecule has 7 heteroatoms. The third kappa shape index (κ3) is 3.33. The fourth-order valence-corrected chi connectivity index (χ4v) is 2.15. The van der Waals surface area contributed by atoms with Crippen LogP contribution in [-0.4, -0.2) is 19.1 Å². The summed E-state index contributed by atoms with van der Waals surface area (Å²) in [6.07, 6.45) is 1.25.